The maximum absolute atomic E-state index is 12.2. The fourth-order valence-electron chi connectivity index (χ4n) is 2.50. The molecule has 1 fully saturated rings. The summed E-state index contributed by atoms with van der Waals surface area (Å²) in [5.41, 5.74) is 1.32. The number of nitrogens with one attached hydrogen (secondary N) is 1. The zero-order valence-electron chi connectivity index (χ0n) is 13.2. The number of hydrogen-bond acceptors (Lipinski definition) is 4. The van der Waals surface area contributed by atoms with Crippen molar-refractivity contribution in [3.63, 3.8) is 0 Å². The van der Waals surface area contributed by atoms with Gasteiger partial charge in [-0.1, -0.05) is 18.2 Å². The number of likely N-dealkylation sites (tertiary alicyclic amines) is 1. The second-order valence-electron chi connectivity index (χ2n) is 5.50. The number of anilines is 1. The van der Waals surface area contributed by atoms with Gasteiger partial charge in [-0.2, -0.15) is 0 Å². The smallest absolute Gasteiger partial charge is 0.248 e. The maximum atomic E-state index is 12.2. The van der Waals surface area contributed by atoms with Crippen LogP contribution in [0.3, 0.4) is 0 Å². The van der Waals surface area contributed by atoms with Crippen molar-refractivity contribution in [2.75, 3.05) is 5.32 Å². The Bertz CT molecular complexity index is 844. The van der Waals surface area contributed by atoms with Crippen molar-refractivity contribution in [3.8, 4) is 0 Å². The topological polar surface area (TPSA) is 66.5 Å². The summed E-state index contributed by atoms with van der Waals surface area (Å²) in [4.78, 5) is 37.9. The number of carbonyl (C=O) groups excluding carboxylic acids is 3. The van der Waals surface area contributed by atoms with Gasteiger partial charge in [-0.05, 0) is 45.8 Å². The Hall–Kier alpha value is -2.25. The molecule has 1 aromatic heterocycles. The van der Waals surface area contributed by atoms with Gasteiger partial charge in [0.2, 0.25) is 17.7 Å². The Morgan fingerprint density at radius 3 is 2.56 bits per heavy atom. The van der Waals surface area contributed by atoms with Gasteiger partial charge in [0.15, 0.2) is 0 Å². The molecule has 3 amide bonds. The molecule has 5 nitrogen and oxygen atoms in total. The second kappa shape index (κ2) is 7.76. The third-order valence-corrected chi connectivity index (χ3v) is 5.34. The molecule has 1 aliphatic rings. The van der Waals surface area contributed by atoms with Crippen LogP contribution in [0.5, 0.6) is 0 Å². The maximum Gasteiger partial charge on any atom is 0.248 e. The highest BCUT2D eigenvalue weighted by atomic mass is 79.9. The van der Waals surface area contributed by atoms with Crippen molar-refractivity contribution >= 4 is 56.8 Å². The molecule has 0 radical (unpaired) electrons. The largest absolute Gasteiger partial charge is 0.322 e. The summed E-state index contributed by atoms with van der Waals surface area (Å²) in [6.45, 7) is 0.176. The molecular formula is C18H15BrN2O3S. The molecule has 0 aliphatic carbocycles. The number of rotatable bonds is 5. The standard InChI is InChI=1S/C18H15BrN2O3S/c19-15-7-5-13(25-15)6-8-16(22)20-14-4-2-1-3-12(14)11-21-17(23)9-10-18(21)24/h1-8H,9-11H2,(H,20,22). The SMILES string of the molecule is O=C(C=Cc1ccc(Br)s1)Nc1ccccc1CN1C(=O)CCC1=O. The van der Waals surface area contributed by atoms with E-state index in [9.17, 15) is 14.4 Å². The Morgan fingerprint density at radius 2 is 1.88 bits per heavy atom. The molecule has 0 unspecified atom stereocenters. The summed E-state index contributed by atoms with van der Waals surface area (Å²) in [5.74, 6) is -0.611. The highest BCUT2D eigenvalue weighted by Gasteiger charge is 2.29. The lowest BCUT2D eigenvalue weighted by atomic mass is 10.1. The Balaban J connectivity index is 1.70. The lowest BCUT2D eigenvalue weighted by molar-refractivity contribution is -0.139. The normalized spacial score (nSPS) is 14.5. The Morgan fingerprint density at radius 1 is 1.16 bits per heavy atom. The summed E-state index contributed by atoms with van der Waals surface area (Å²) in [6, 6.07) is 11.0. The summed E-state index contributed by atoms with van der Waals surface area (Å²) < 4.78 is 0.998. The van der Waals surface area contributed by atoms with Crippen molar-refractivity contribution in [1.29, 1.82) is 0 Å². The molecule has 2 heterocycles. The average Bonchev–Trinajstić information content (AvgIpc) is 3.15. The number of amides is 3. The number of thiophene rings is 1. The fourth-order valence-corrected chi connectivity index (χ4v) is 3.83. The van der Waals surface area contributed by atoms with Gasteiger partial charge in [0, 0.05) is 29.5 Å². The van der Waals surface area contributed by atoms with Gasteiger partial charge in [-0.15, -0.1) is 11.3 Å². The Kier molecular flexibility index (Phi) is 5.45. The van der Waals surface area contributed by atoms with E-state index in [0.717, 1.165) is 14.2 Å². The van der Waals surface area contributed by atoms with Crippen molar-refractivity contribution in [2.24, 2.45) is 0 Å². The number of para-hydroxylation sites is 1. The number of imide groups is 1. The van der Waals surface area contributed by atoms with Gasteiger partial charge in [-0.25, -0.2) is 0 Å². The molecule has 2 aromatic rings. The summed E-state index contributed by atoms with van der Waals surface area (Å²) >= 11 is 4.91. The lowest BCUT2D eigenvalue weighted by Crippen LogP contribution is -2.28. The highest BCUT2D eigenvalue weighted by molar-refractivity contribution is 9.11. The van der Waals surface area contributed by atoms with Crippen LogP contribution in [0.15, 0.2) is 46.3 Å². The predicted molar refractivity (Wildman–Crippen MR) is 101 cm³/mol. The highest BCUT2D eigenvalue weighted by Crippen LogP contribution is 2.24. The van der Waals surface area contributed by atoms with Gasteiger partial charge in [0.25, 0.3) is 0 Å². The summed E-state index contributed by atoms with van der Waals surface area (Å²) in [5, 5.41) is 2.81. The van der Waals surface area contributed by atoms with Crippen LogP contribution in [-0.2, 0) is 20.9 Å². The molecule has 1 aliphatic heterocycles. The average molecular weight is 419 g/mol. The zero-order chi connectivity index (χ0) is 17.8. The van der Waals surface area contributed by atoms with E-state index in [4.69, 9.17) is 0 Å². The van der Waals surface area contributed by atoms with E-state index in [2.05, 4.69) is 21.2 Å². The van der Waals surface area contributed by atoms with E-state index in [-0.39, 0.29) is 37.1 Å². The molecule has 1 N–H and O–H groups in total. The predicted octanol–water partition coefficient (Wildman–Crippen LogP) is 3.81. The van der Waals surface area contributed by atoms with Crippen LogP contribution >= 0.6 is 27.3 Å². The molecule has 0 saturated carbocycles. The molecule has 0 spiro atoms. The minimum absolute atomic E-state index is 0.172. The first-order chi connectivity index (χ1) is 12.0. The zero-order valence-corrected chi connectivity index (χ0v) is 15.6. The van der Waals surface area contributed by atoms with Crippen LogP contribution < -0.4 is 5.32 Å². The van der Waals surface area contributed by atoms with Gasteiger partial charge >= 0.3 is 0 Å². The molecule has 3 rings (SSSR count). The van der Waals surface area contributed by atoms with E-state index >= 15 is 0 Å². The quantitative estimate of drug-likeness (QED) is 0.592. The first kappa shape index (κ1) is 17.6. The summed E-state index contributed by atoms with van der Waals surface area (Å²) in [7, 11) is 0. The minimum atomic E-state index is -0.268. The molecular weight excluding hydrogens is 404 g/mol. The molecule has 1 aromatic carbocycles. The van der Waals surface area contributed by atoms with Crippen LogP contribution in [0, 0.1) is 0 Å². The number of hydrogen-bond donors (Lipinski definition) is 1. The molecule has 25 heavy (non-hydrogen) atoms. The van der Waals surface area contributed by atoms with E-state index in [1.54, 1.807) is 24.3 Å². The van der Waals surface area contributed by atoms with Gasteiger partial charge in [0.05, 0.1) is 10.3 Å². The van der Waals surface area contributed by atoms with E-state index in [0.29, 0.717) is 5.69 Å². The van der Waals surface area contributed by atoms with E-state index in [1.807, 2.05) is 18.2 Å². The van der Waals surface area contributed by atoms with Gasteiger partial charge in [-0.3, -0.25) is 19.3 Å². The van der Waals surface area contributed by atoms with Crippen molar-refractivity contribution in [1.82, 2.24) is 4.90 Å². The summed E-state index contributed by atoms with van der Waals surface area (Å²) in [6.07, 6.45) is 3.71. The molecule has 0 atom stereocenters. The number of halogens is 1. The number of nitrogens with zero attached hydrogens (tertiary/aromatic N) is 1. The third kappa shape index (κ3) is 4.43. The number of benzene rings is 1. The first-order valence-corrected chi connectivity index (χ1v) is 9.29. The molecule has 0 bridgehead atoms. The van der Waals surface area contributed by atoms with E-state index < -0.39 is 0 Å². The number of carbonyl (C=O) groups is 3. The van der Waals surface area contributed by atoms with Gasteiger partial charge < -0.3 is 5.32 Å². The third-order valence-electron chi connectivity index (χ3n) is 3.75. The molecule has 128 valence electrons. The van der Waals surface area contributed by atoms with Crippen LogP contribution in [0.1, 0.15) is 23.3 Å². The first-order valence-electron chi connectivity index (χ1n) is 7.68. The van der Waals surface area contributed by atoms with Crippen molar-refractivity contribution < 1.29 is 14.4 Å². The van der Waals surface area contributed by atoms with Crippen LogP contribution in [0.25, 0.3) is 6.08 Å². The van der Waals surface area contributed by atoms with Crippen LogP contribution in [0.4, 0.5) is 5.69 Å². The minimum Gasteiger partial charge on any atom is -0.322 e. The monoisotopic (exact) mass is 418 g/mol. The van der Waals surface area contributed by atoms with Crippen molar-refractivity contribution in [2.45, 2.75) is 19.4 Å². The lowest BCUT2D eigenvalue weighted by Gasteiger charge is -2.16. The van der Waals surface area contributed by atoms with E-state index in [1.165, 1.54) is 22.3 Å². The molecule has 7 heteroatoms. The van der Waals surface area contributed by atoms with Crippen LogP contribution in [0.2, 0.25) is 0 Å². The second-order valence-corrected chi connectivity index (χ2v) is 7.99. The van der Waals surface area contributed by atoms with Gasteiger partial charge in [0.1, 0.15) is 0 Å². The fraction of sp³-hybridized carbons (Fsp3) is 0.167. The molecule has 1 saturated heterocycles. The Labute approximate surface area is 157 Å². The van der Waals surface area contributed by atoms with Crippen molar-refractivity contribution in [3.05, 3.63) is 56.7 Å². The van der Waals surface area contributed by atoms with Crippen LogP contribution in [-0.4, -0.2) is 22.6 Å².